The van der Waals surface area contributed by atoms with Crippen LogP contribution in [0, 0.1) is 13.8 Å². The number of nitrogens with one attached hydrogen (secondary N) is 1. The number of rotatable bonds is 4. The molecular formula is C18H31N2O3S+. The molecular weight excluding hydrogens is 324 g/mol. The number of piperidine rings is 1. The molecule has 1 saturated heterocycles. The van der Waals surface area contributed by atoms with Crippen molar-refractivity contribution in [2.75, 3.05) is 7.11 Å². The average molecular weight is 356 g/mol. The minimum absolute atomic E-state index is 0.0137. The van der Waals surface area contributed by atoms with E-state index < -0.39 is 10.0 Å². The van der Waals surface area contributed by atoms with Gasteiger partial charge in [0, 0.05) is 18.9 Å². The Hall–Kier alpha value is -1.11. The van der Waals surface area contributed by atoms with Crippen molar-refractivity contribution < 1.29 is 18.5 Å². The number of hydrogen-bond donors (Lipinski definition) is 2. The minimum Gasteiger partial charge on any atom is -0.496 e. The molecule has 1 aliphatic rings. The minimum atomic E-state index is -3.56. The summed E-state index contributed by atoms with van der Waals surface area (Å²) in [5.41, 5.74) is 1.55. The molecule has 2 rings (SSSR count). The van der Waals surface area contributed by atoms with Gasteiger partial charge < -0.3 is 10.1 Å². The Morgan fingerprint density at radius 2 is 1.62 bits per heavy atom. The fourth-order valence-corrected chi connectivity index (χ4v) is 5.70. The lowest BCUT2D eigenvalue weighted by Crippen LogP contribution is -3.06. The first kappa shape index (κ1) is 19.2. The van der Waals surface area contributed by atoms with Crippen molar-refractivity contribution in [3.8, 4) is 5.75 Å². The normalized spacial score (nSPS) is 20.8. The van der Waals surface area contributed by atoms with Crippen LogP contribution in [0.4, 0.5) is 0 Å². The first-order chi connectivity index (χ1) is 10.9. The van der Waals surface area contributed by atoms with Gasteiger partial charge in [-0.3, -0.25) is 0 Å². The highest BCUT2D eigenvalue weighted by Gasteiger charge is 2.43. The Morgan fingerprint density at radius 1 is 1.08 bits per heavy atom. The van der Waals surface area contributed by atoms with E-state index in [9.17, 15) is 8.42 Å². The van der Waals surface area contributed by atoms with E-state index in [1.54, 1.807) is 26.2 Å². The van der Waals surface area contributed by atoms with Gasteiger partial charge in [0.25, 0.3) is 0 Å². The van der Waals surface area contributed by atoms with E-state index in [2.05, 4.69) is 37.7 Å². The average Bonchev–Trinajstić information content (AvgIpc) is 2.36. The topological polar surface area (TPSA) is 72.0 Å². The molecule has 0 aliphatic carbocycles. The van der Waals surface area contributed by atoms with Crippen LogP contribution in [-0.4, -0.2) is 32.6 Å². The zero-order chi connectivity index (χ0) is 18.3. The number of benzene rings is 1. The van der Waals surface area contributed by atoms with Crippen LogP contribution < -0.4 is 14.8 Å². The van der Waals surface area contributed by atoms with E-state index in [1.165, 1.54) is 0 Å². The van der Waals surface area contributed by atoms with Gasteiger partial charge in [-0.15, -0.1) is 0 Å². The molecule has 1 fully saturated rings. The number of methoxy groups -OCH3 is 1. The monoisotopic (exact) mass is 355 g/mol. The maximum atomic E-state index is 12.9. The highest BCUT2D eigenvalue weighted by atomic mass is 32.2. The summed E-state index contributed by atoms with van der Waals surface area (Å²) in [6.45, 7) is 12.3. The molecule has 0 saturated carbocycles. The molecule has 0 radical (unpaired) electrons. The molecule has 1 aromatic carbocycles. The second kappa shape index (κ2) is 6.32. The number of ether oxygens (including phenoxy) is 1. The Bertz CT molecular complexity index is 708. The van der Waals surface area contributed by atoms with E-state index in [-0.39, 0.29) is 17.1 Å². The molecule has 1 aromatic rings. The summed E-state index contributed by atoms with van der Waals surface area (Å²) in [6, 6.07) is 3.42. The lowest BCUT2D eigenvalue weighted by atomic mass is 9.80. The van der Waals surface area contributed by atoms with Crippen LogP contribution in [0.25, 0.3) is 0 Å². The Labute approximate surface area is 146 Å². The van der Waals surface area contributed by atoms with Gasteiger partial charge in [-0.05, 0) is 64.8 Å². The van der Waals surface area contributed by atoms with Crippen LogP contribution in [0.15, 0.2) is 17.0 Å². The quantitative estimate of drug-likeness (QED) is 0.866. The van der Waals surface area contributed by atoms with Crippen LogP contribution in [0.1, 0.15) is 51.7 Å². The summed E-state index contributed by atoms with van der Waals surface area (Å²) in [7, 11) is -1.96. The van der Waals surface area contributed by atoms with E-state index in [0.29, 0.717) is 16.2 Å². The molecule has 0 unspecified atom stereocenters. The summed E-state index contributed by atoms with van der Waals surface area (Å²) in [6.07, 6.45) is 1.62. The predicted molar refractivity (Wildman–Crippen MR) is 95.9 cm³/mol. The summed E-state index contributed by atoms with van der Waals surface area (Å²) in [4.78, 5) is 0.339. The number of hydrogen-bond acceptors (Lipinski definition) is 3. The van der Waals surface area contributed by atoms with Crippen molar-refractivity contribution in [2.24, 2.45) is 0 Å². The fourth-order valence-electron chi connectivity index (χ4n) is 4.16. The Kier molecular flexibility index (Phi) is 5.06. The molecule has 0 spiro atoms. The maximum Gasteiger partial charge on any atom is 0.241 e. The van der Waals surface area contributed by atoms with Crippen LogP contribution in [-0.2, 0) is 10.0 Å². The second-order valence-corrected chi connectivity index (χ2v) is 10.1. The highest BCUT2D eigenvalue weighted by molar-refractivity contribution is 7.89. The van der Waals surface area contributed by atoms with Gasteiger partial charge >= 0.3 is 0 Å². The largest absolute Gasteiger partial charge is 0.496 e. The van der Waals surface area contributed by atoms with E-state index in [4.69, 9.17) is 4.74 Å². The molecule has 1 aliphatic heterocycles. The van der Waals surface area contributed by atoms with Crippen LogP contribution in [0.2, 0.25) is 0 Å². The molecule has 1 heterocycles. The molecule has 5 nitrogen and oxygen atoms in total. The van der Waals surface area contributed by atoms with Crippen molar-refractivity contribution in [3.05, 3.63) is 23.3 Å². The second-order valence-electron chi connectivity index (χ2n) is 8.44. The summed E-state index contributed by atoms with van der Waals surface area (Å²) >= 11 is 0. The molecule has 0 aromatic heterocycles. The summed E-state index contributed by atoms with van der Waals surface area (Å²) < 4.78 is 34.1. The summed E-state index contributed by atoms with van der Waals surface area (Å²) in [5, 5.41) is 2.34. The van der Waals surface area contributed by atoms with Crippen molar-refractivity contribution in [3.63, 3.8) is 0 Å². The lowest BCUT2D eigenvalue weighted by molar-refractivity contribution is -0.787. The third kappa shape index (κ3) is 4.29. The van der Waals surface area contributed by atoms with Crippen LogP contribution in [0.5, 0.6) is 5.75 Å². The van der Waals surface area contributed by atoms with Crippen LogP contribution in [0.3, 0.4) is 0 Å². The molecule has 24 heavy (non-hydrogen) atoms. The standard InChI is InChI=1S/C18H30N2O3S/c1-12-9-16(13(2)8-15(12)23-7)24(21,22)19-14-10-17(3,4)20-18(5,6)11-14/h8-9,14,19-20H,10-11H2,1-7H3/p+1. The number of nitrogens with two attached hydrogens (primary N) is 1. The molecule has 3 N–H and O–H groups in total. The summed E-state index contributed by atoms with van der Waals surface area (Å²) in [5.74, 6) is 0.709. The maximum absolute atomic E-state index is 12.9. The first-order valence-corrected chi connectivity index (χ1v) is 9.88. The van der Waals surface area contributed by atoms with Gasteiger partial charge in [-0.25, -0.2) is 13.1 Å². The number of aryl methyl sites for hydroxylation is 2. The predicted octanol–water partition coefficient (Wildman–Crippen LogP) is 1.87. The van der Waals surface area contributed by atoms with Gasteiger partial charge in [0.2, 0.25) is 10.0 Å². The smallest absolute Gasteiger partial charge is 0.241 e. The zero-order valence-corrected chi connectivity index (χ0v) is 16.7. The van der Waals surface area contributed by atoms with E-state index in [0.717, 1.165) is 18.4 Å². The van der Waals surface area contributed by atoms with Gasteiger partial charge in [0.15, 0.2) is 0 Å². The Balaban J connectivity index is 2.30. The molecule has 0 atom stereocenters. The van der Waals surface area contributed by atoms with Gasteiger partial charge in [0.1, 0.15) is 5.75 Å². The van der Waals surface area contributed by atoms with E-state index in [1.807, 2.05) is 6.92 Å². The van der Waals surface area contributed by atoms with Gasteiger partial charge in [-0.1, -0.05) is 0 Å². The molecule has 6 heteroatoms. The van der Waals surface area contributed by atoms with Crippen LogP contribution >= 0.6 is 0 Å². The van der Waals surface area contributed by atoms with E-state index >= 15 is 0 Å². The molecule has 136 valence electrons. The SMILES string of the molecule is COc1cc(C)c(S(=O)(=O)NC2CC(C)(C)[NH2+]C(C)(C)C2)cc1C. The third-order valence-corrected chi connectivity index (χ3v) is 6.29. The number of quaternary nitrogens is 1. The number of sulfonamides is 1. The first-order valence-electron chi connectivity index (χ1n) is 8.40. The zero-order valence-electron chi connectivity index (χ0n) is 15.9. The highest BCUT2D eigenvalue weighted by Crippen LogP contribution is 2.28. The fraction of sp³-hybridized carbons (Fsp3) is 0.667. The lowest BCUT2D eigenvalue weighted by Gasteiger charge is -2.43. The van der Waals surface area contributed by atoms with Crippen molar-refractivity contribution in [2.45, 2.75) is 76.4 Å². The van der Waals surface area contributed by atoms with Gasteiger partial charge in [-0.2, -0.15) is 0 Å². The molecule has 0 amide bonds. The Morgan fingerprint density at radius 3 is 2.12 bits per heavy atom. The van der Waals surface area contributed by atoms with Crippen molar-refractivity contribution >= 4 is 10.0 Å². The molecule has 0 bridgehead atoms. The van der Waals surface area contributed by atoms with Gasteiger partial charge in [0.05, 0.1) is 23.1 Å². The van der Waals surface area contributed by atoms with Crippen molar-refractivity contribution in [1.29, 1.82) is 0 Å². The van der Waals surface area contributed by atoms with Crippen molar-refractivity contribution in [1.82, 2.24) is 4.72 Å². The third-order valence-electron chi connectivity index (χ3n) is 4.63.